The van der Waals surface area contributed by atoms with Crippen LogP contribution in [0, 0.1) is 23.7 Å². The van der Waals surface area contributed by atoms with Gasteiger partial charge < -0.3 is 14.6 Å². The van der Waals surface area contributed by atoms with Gasteiger partial charge in [-0.1, -0.05) is 51.1 Å². The highest BCUT2D eigenvalue weighted by Gasteiger charge is 2.54. The lowest BCUT2D eigenvalue weighted by molar-refractivity contribution is -0.232. The molecule has 2 aliphatic carbocycles. The van der Waals surface area contributed by atoms with Crippen molar-refractivity contribution < 1.29 is 19.4 Å². The van der Waals surface area contributed by atoms with Crippen LogP contribution in [0.5, 0.6) is 5.75 Å². The summed E-state index contributed by atoms with van der Waals surface area (Å²) >= 11 is 0. The summed E-state index contributed by atoms with van der Waals surface area (Å²) in [4.78, 5) is 11.9. The van der Waals surface area contributed by atoms with Crippen molar-refractivity contribution in [3.8, 4) is 5.75 Å². The summed E-state index contributed by atoms with van der Waals surface area (Å²) in [5, 5.41) is 9.78. The Morgan fingerprint density at radius 2 is 2.08 bits per heavy atom. The van der Waals surface area contributed by atoms with Gasteiger partial charge in [0, 0.05) is 17.9 Å². The number of para-hydroxylation sites is 1. The van der Waals surface area contributed by atoms with Gasteiger partial charge in [0.05, 0.1) is 17.9 Å². The molecule has 1 heterocycles. The van der Waals surface area contributed by atoms with Gasteiger partial charge >= 0.3 is 5.97 Å². The van der Waals surface area contributed by atoms with Crippen LogP contribution in [-0.4, -0.2) is 23.0 Å². The number of hydrogen-bond donors (Lipinski definition) is 1. The van der Waals surface area contributed by atoms with E-state index in [0.29, 0.717) is 12.3 Å². The van der Waals surface area contributed by atoms with E-state index in [1.54, 1.807) is 0 Å². The first kappa shape index (κ1) is 17.6. The van der Waals surface area contributed by atoms with Crippen molar-refractivity contribution in [1.29, 1.82) is 0 Å². The van der Waals surface area contributed by atoms with Crippen LogP contribution in [0.1, 0.15) is 51.5 Å². The van der Waals surface area contributed by atoms with Gasteiger partial charge in [-0.15, -0.1) is 0 Å². The van der Waals surface area contributed by atoms with Crippen molar-refractivity contribution in [2.24, 2.45) is 23.7 Å². The third-order valence-corrected chi connectivity index (χ3v) is 6.36. The molecule has 6 atom stereocenters. The zero-order valence-corrected chi connectivity index (χ0v) is 15.7. The summed E-state index contributed by atoms with van der Waals surface area (Å²) < 4.78 is 13.1. The number of aliphatic carboxylic acids is 1. The number of rotatable bonds is 4. The lowest BCUT2D eigenvalue weighted by Crippen LogP contribution is -2.50. The smallest absolute Gasteiger partial charge is 0.306 e. The van der Waals surface area contributed by atoms with Crippen LogP contribution in [0.3, 0.4) is 0 Å². The van der Waals surface area contributed by atoms with E-state index in [9.17, 15) is 9.90 Å². The minimum absolute atomic E-state index is 0.00615. The Morgan fingerprint density at radius 3 is 2.81 bits per heavy atom. The number of carbonyl (C=O) groups is 1. The Bertz CT molecular complexity index is 725. The Labute approximate surface area is 155 Å². The highest BCUT2D eigenvalue weighted by atomic mass is 16.7. The summed E-state index contributed by atoms with van der Waals surface area (Å²) in [5.41, 5.74) is 1.17. The highest BCUT2D eigenvalue weighted by Crippen LogP contribution is 2.53. The topological polar surface area (TPSA) is 55.8 Å². The number of hydrogen-bond acceptors (Lipinski definition) is 3. The molecule has 4 nitrogen and oxygen atoms in total. The molecular weight excluding hydrogens is 328 g/mol. The minimum atomic E-state index is -0.707. The van der Waals surface area contributed by atoms with E-state index < -0.39 is 11.8 Å². The van der Waals surface area contributed by atoms with Crippen molar-refractivity contribution in [1.82, 2.24) is 0 Å². The summed E-state index contributed by atoms with van der Waals surface area (Å²) in [7, 11) is 0. The van der Waals surface area contributed by atoms with Crippen molar-refractivity contribution in [2.45, 2.75) is 57.8 Å². The maximum Gasteiger partial charge on any atom is 0.306 e. The number of carboxylic acids is 1. The molecule has 4 heteroatoms. The maximum absolute atomic E-state index is 11.9. The van der Waals surface area contributed by atoms with Crippen molar-refractivity contribution >= 4 is 5.97 Å². The average molecular weight is 356 g/mol. The second kappa shape index (κ2) is 6.41. The fourth-order valence-corrected chi connectivity index (χ4v) is 5.29. The third kappa shape index (κ3) is 2.75. The molecule has 26 heavy (non-hydrogen) atoms. The largest absolute Gasteiger partial charge is 0.481 e. The second-order valence-corrected chi connectivity index (χ2v) is 8.56. The third-order valence-electron chi connectivity index (χ3n) is 6.36. The van der Waals surface area contributed by atoms with Crippen LogP contribution in [-0.2, 0) is 9.53 Å². The molecule has 1 fully saturated rings. The number of benzene rings is 1. The molecule has 1 N–H and O–H groups in total. The first-order chi connectivity index (χ1) is 12.4. The van der Waals surface area contributed by atoms with Crippen molar-refractivity contribution in [2.75, 3.05) is 0 Å². The molecule has 0 amide bonds. The van der Waals surface area contributed by atoms with Gasteiger partial charge in [-0.25, -0.2) is 0 Å². The van der Waals surface area contributed by atoms with Crippen LogP contribution in [0.15, 0.2) is 36.4 Å². The molecule has 1 aromatic rings. The predicted octanol–water partition coefficient (Wildman–Crippen LogP) is 4.61. The first-order valence-electron chi connectivity index (χ1n) is 9.76. The average Bonchev–Trinajstić information content (AvgIpc) is 3.09. The molecular formula is C22H28O4. The van der Waals surface area contributed by atoms with Crippen LogP contribution in [0.2, 0.25) is 0 Å². The normalized spacial score (nSPS) is 38.1. The van der Waals surface area contributed by atoms with E-state index in [4.69, 9.17) is 9.47 Å². The Morgan fingerprint density at radius 1 is 1.31 bits per heavy atom. The molecule has 0 spiro atoms. The monoisotopic (exact) mass is 356 g/mol. The first-order valence-corrected chi connectivity index (χ1v) is 9.76. The van der Waals surface area contributed by atoms with E-state index in [2.05, 4.69) is 39.0 Å². The van der Waals surface area contributed by atoms with Crippen molar-refractivity contribution in [3.05, 3.63) is 42.0 Å². The Balaban J connectivity index is 1.64. The zero-order chi connectivity index (χ0) is 18.5. The van der Waals surface area contributed by atoms with E-state index in [1.807, 2.05) is 18.2 Å². The van der Waals surface area contributed by atoms with Crippen LogP contribution in [0.4, 0.5) is 0 Å². The van der Waals surface area contributed by atoms with Gasteiger partial charge in [0.1, 0.15) is 5.75 Å². The SMILES string of the molecule is CC(C)[C@H]1C(OC23CC=CC2c2ccccc2O3)C[C@@H](C)CC1C(=O)O. The van der Waals surface area contributed by atoms with Crippen LogP contribution >= 0.6 is 0 Å². The lowest BCUT2D eigenvalue weighted by atomic mass is 9.68. The molecule has 0 bridgehead atoms. The van der Waals surface area contributed by atoms with Crippen LogP contribution in [0.25, 0.3) is 0 Å². The van der Waals surface area contributed by atoms with Gasteiger partial charge in [-0.05, 0) is 30.7 Å². The molecule has 0 saturated heterocycles. The maximum atomic E-state index is 11.9. The number of ether oxygens (including phenoxy) is 2. The van der Waals surface area contributed by atoms with E-state index in [0.717, 1.165) is 18.6 Å². The molecule has 4 unspecified atom stereocenters. The number of carboxylic acid groups (broad SMARTS) is 1. The van der Waals surface area contributed by atoms with Gasteiger partial charge in [0.15, 0.2) is 0 Å². The van der Waals surface area contributed by atoms with Gasteiger partial charge in [0.25, 0.3) is 0 Å². The Hall–Kier alpha value is -1.81. The summed E-state index contributed by atoms with van der Waals surface area (Å²) in [6.45, 7) is 6.35. The van der Waals surface area contributed by atoms with Gasteiger partial charge in [0.2, 0.25) is 5.79 Å². The zero-order valence-electron chi connectivity index (χ0n) is 15.7. The minimum Gasteiger partial charge on any atom is -0.481 e. The van der Waals surface area contributed by atoms with Crippen LogP contribution < -0.4 is 4.74 Å². The summed E-state index contributed by atoms with van der Waals surface area (Å²) in [6, 6.07) is 8.11. The standard InChI is InChI=1S/C22H28O4/c1-13(2)20-16(21(23)24)11-14(3)12-19(20)26-22-10-6-8-17(22)15-7-4-5-9-18(15)25-22/h4-9,13-14,16-17,19-20H,10-12H2,1-3H3,(H,23,24)/t14-,16?,17?,19?,20+,22?/m0/s1. The lowest BCUT2D eigenvalue weighted by Gasteiger charge is -2.45. The van der Waals surface area contributed by atoms with E-state index >= 15 is 0 Å². The fourth-order valence-electron chi connectivity index (χ4n) is 5.29. The predicted molar refractivity (Wildman–Crippen MR) is 99.0 cm³/mol. The molecule has 140 valence electrons. The highest BCUT2D eigenvalue weighted by molar-refractivity contribution is 5.70. The summed E-state index contributed by atoms with van der Waals surface area (Å²) in [6.07, 6.45) is 6.54. The molecule has 0 aromatic heterocycles. The molecule has 1 aliphatic heterocycles. The quantitative estimate of drug-likeness (QED) is 0.801. The molecule has 3 aliphatic rings. The van der Waals surface area contributed by atoms with E-state index in [1.165, 1.54) is 5.56 Å². The van der Waals surface area contributed by atoms with E-state index in [-0.39, 0.29) is 29.8 Å². The molecule has 1 aromatic carbocycles. The van der Waals surface area contributed by atoms with Gasteiger partial charge in [-0.3, -0.25) is 4.79 Å². The second-order valence-electron chi connectivity index (χ2n) is 8.56. The Kier molecular flexibility index (Phi) is 4.34. The number of fused-ring (bicyclic) bond motifs is 3. The molecule has 0 radical (unpaired) electrons. The molecule has 1 saturated carbocycles. The molecule has 4 rings (SSSR count). The van der Waals surface area contributed by atoms with Gasteiger partial charge in [-0.2, -0.15) is 0 Å². The van der Waals surface area contributed by atoms with Crippen molar-refractivity contribution in [3.63, 3.8) is 0 Å². The fraction of sp³-hybridized carbons (Fsp3) is 0.591. The summed E-state index contributed by atoms with van der Waals surface area (Å²) in [5.74, 6) is -0.178.